The molecule has 0 unspecified atom stereocenters. The fourth-order valence-electron chi connectivity index (χ4n) is 2.33. The minimum atomic E-state index is 0.343. The molecular formula is C12H20N2OS. The van der Waals surface area contributed by atoms with Gasteiger partial charge in [-0.2, -0.15) is 0 Å². The first-order chi connectivity index (χ1) is 7.78. The Bertz CT molecular complexity index is 319. The number of aryl methyl sites for hydroxylation is 1. The molecule has 1 aliphatic rings. The summed E-state index contributed by atoms with van der Waals surface area (Å²) >= 11 is 1.73. The number of likely N-dealkylation sites (tertiary alicyclic amines) is 1. The van der Waals surface area contributed by atoms with Crippen molar-refractivity contribution in [3.05, 3.63) is 16.1 Å². The minimum Gasteiger partial charge on any atom is -0.396 e. The Hall–Kier alpha value is -0.450. The molecule has 0 radical (unpaired) electrons. The smallest absolute Gasteiger partial charge is 0.0897 e. The molecule has 1 aliphatic heterocycles. The number of thiazole rings is 1. The van der Waals surface area contributed by atoms with E-state index in [0.29, 0.717) is 6.61 Å². The van der Waals surface area contributed by atoms with Crippen LogP contribution in [-0.4, -0.2) is 34.7 Å². The van der Waals surface area contributed by atoms with E-state index in [1.807, 2.05) is 0 Å². The van der Waals surface area contributed by atoms with Crippen LogP contribution in [-0.2, 0) is 6.54 Å². The summed E-state index contributed by atoms with van der Waals surface area (Å²) < 4.78 is 0. The Kier molecular flexibility index (Phi) is 4.32. The Labute approximate surface area is 101 Å². The van der Waals surface area contributed by atoms with Crippen LogP contribution in [0.4, 0.5) is 0 Å². The third-order valence-corrected chi connectivity index (χ3v) is 4.12. The van der Waals surface area contributed by atoms with Crippen LogP contribution in [0, 0.1) is 12.8 Å². The summed E-state index contributed by atoms with van der Waals surface area (Å²) in [4.78, 5) is 6.97. The number of rotatable bonds is 4. The molecule has 1 aromatic heterocycles. The van der Waals surface area contributed by atoms with Crippen LogP contribution >= 0.6 is 11.3 Å². The second-order valence-corrected chi connectivity index (χ2v) is 5.65. The van der Waals surface area contributed by atoms with Crippen molar-refractivity contribution in [2.24, 2.45) is 5.92 Å². The summed E-state index contributed by atoms with van der Waals surface area (Å²) in [5.74, 6) is 0.735. The quantitative estimate of drug-likeness (QED) is 0.875. The first kappa shape index (κ1) is 12.0. The van der Waals surface area contributed by atoms with Crippen molar-refractivity contribution in [3.63, 3.8) is 0 Å². The fraction of sp³-hybridized carbons (Fsp3) is 0.750. The number of hydrogen-bond donors (Lipinski definition) is 1. The van der Waals surface area contributed by atoms with Gasteiger partial charge in [-0.25, -0.2) is 4.98 Å². The molecule has 0 atom stereocenters. The molecule has 1 aromatic rings. The molecule has 2 heterocycles. The van der Waals surface area contributed by atoms with E-state index in [9.17, 15) is 0 Å². The average Bonchev–Trinajstić information content (AvgIpc) is 2.67. The summed E-state index contributed by atoms with van der Waals surface area (Å²) in [7, 11) is 0. The maximum absolute atomic E-state index is 8.90. The number of aromatic nitrogens is 1. The lowest BCUT2D eigenvalue weighted by atomic mass is 9.94. The first-order valence-electron chi connectivity index (χ1n) is 6.02. The molecule has 16 heavy (non-hydrogen) atoms. The highest BCUT2D eigenvalue weighted by Gasteiger charge is 2.19. The van der Waals surface area contributed by atoms with Crippen molar-refractivity contribution in [2.75, 3.05) is 19.7 Å². The molecule has 0 spiro atoms. The van der Waals surface area contributed by atoms with Gasteiger partial charge in [-0.1, -0.05) is 0 Å². The maximum atomic E-state index is 8.90. The zero-order chi connectivity index (χ0) is 11.4. The van der Waals surface area contributed by atoms with Gasteiger partial charge < -0.3 is 5.11 Å². The Morgan fingerprint density at radius 3 is 2.81 bits per heavy atom. The summed E-state index contributed by atoms with van der Waals surface area (Å²) in [5.41, 5.74) is 1.21. The highest BCUT2D eigenvalue weighted by Crippen LogP contribution is 2.21. The van der Waals surface area contributed by atoms with Gasteiger partial charge in [0.05, 0.1) is 10.7 Å². The molecule has 2 rings (SSSR count). The van der Waals surface area contributed by atoms with Gasteiger partial charge in [0, 0.05) is 18.5 Å². The van der Waals surface area contributed by atoms with Gasteiger partial charge in [-0.15, -0.1) is 11.3 Å². The topological polar surface area (TPSA) is 36.4 Å². The van der Waals surface area contributed by atoms with Crippen LogP contribution in [0.25, 0.3) is 0 Å². The van der Waals surface area contributed by atoms with Crippen LogP contribution in [0.1, 0.15) is 30.0 Å². The summed E-state index contributed by atoms with van der Waals surface area (Å²) in [6, 6.07) is 0. The van der Waals surface area contributed by atoms with E-state index < -0.39 is 0 Å². The summed E-state index contributed by atoms with van der Waals surface area (Å²) in [6.45, 7) is 5.70. The van der Waals surface area contributed by atoms with Gasteiger partial charge in [0.25, 0.3) is 0 Å². The second kappa shape index (κ2) is 5.75. The van der Waals surface area contributed by atoms with E-state index in [0.717, 1.165) is 37.0 Å². The molecule has 1 saturated heterocycles. The Balaban J connectivity index is 1.77. The SMILES string of the molecule is Cc1nc(CN2CCC(CCO)CC2)cs1. The van der Waals surface area contributed by atoms with Gasteiger partial charge in [-0.05, 0) is 45.2 Å². The summed E-state index contributed by atoms with van der Waals surface area (Å²) in [6.07, 6.45) is 3.43. The van der Waals surface area contributed by atoms with Crippen LogP contribution in [0.5, 0.6) is 0 Å². The number of hydrogen-bond acceptors (Lipinski definition) is 4. The van der Waals surface area contributed by atoms with Crippen molar-refractivity contribution in [3.8, 4) is 0 Å². The van der Waals surface area contributed by atoms with Crippen LogP contribution in [0.15, 0.2) is 5.38 Å². The lowest BCUT2D eigenvalue weighted by molar-refractivity contribution is 0.152. The van der Waals surface area contributed by atoms with Crippen molar-refractivity contribution in [1.29, 1.82) is 0 Å². The van der Waals surface area contributed by atoms with Crippen molar-refractivity contribution >= 4 is 11.3 Å². The number of aliphatic hydroxyl groups excluding tert-OH is 1. The van der Waals surface area contributed by atoms with Crippen molar-refractivity contribution in [1.82, 2.24) is 9.88 Å². The monoisotopic (exact) mass is 240 g/mol. The molecule has 0 saturated carbocycles. The fourth-order valence-corrected chi connectivity index (χ4v) is 2.93. The van der Waals surface area contributed by atoms with Crippen LogP contribution in [0.2, 0.25) is 0 Å². The van der Waals surface area contributed by atoms with Gasteiger partial charge in [-0.3, -0.25) is 4.90 Å². The van der Waals surface area contributed by atoms with Gasteiger partial charge in [0.1, 0.15) is 0 Å². The van der Waals surface area contributed by atoms with E-state index in [1.165, 1.54) is 18.5 Å². The Morgan fingerprint density at radius 1 is 1.50 bits per heavy atom. The van der Waals surface area contributed by atoms with Gasteiger partial charge in [0.15, 0.2) is 0 Å². The Morgan fingerprint density at radius 2 is 2.25 bits per heavy atom. The normalized spacial score (nSPS) is 19.1. The largest absolute Gasteiger partial charge is 0.396 e. The number of nitrogens with zero attached hydrogens (tertiary/aromatic N) is 2. The molecule has 90 valence electrons. The van der Waals surface area contributed by atoms with E-state index in [1.54, 1.807) is 11.3 Å². The lowest BCUT2D eigenvalue weighted by Crippen LogP contribution is -2.33. The predicted octanol–water partition coefficient (Wildman–Crippen LogP) is 2.05. The first-order valence-corrected chi connectivity index (χ1v) is 6.90. The third-order valence-electron chi connectivity index (χ3n) is 3.30. The van der Waals surface area contributed by atoms with E-state index in [2.05, 4.69) is 22.2 Å². The minimum absolute atomic E-state index is 0.343. The molecule has 0 bridgehead atoms. The maximum Gasteiger partial charge on any atom is 0.0897 e. The molecule has 0 aliphatic carbocycles. The zero-order valence-electron chi connectivity index (χ0n) is 9.85. The second-order valence-electron chi connectivity index (χ2n) is 4.59. The molecule has 0 amide bonds. The molecule has 1 fully saturated rings. The van der Waals surface area contributed by atoms with Crippen molar-refractivity contribution in [2.45, 2.75) is 32.7 Å². The number of piperidine rings is 1. The lowest BCUT2D eigenvalue weighted by Gasteiger charge is -2.31. The zero-order valence-corrected chi connectivity index (χ0v) is 10.7. The third kappa shape index (κ3) is 3.27. The van der Waals surface area contributed by atoms with Gasteiger partial charge in [0.2, 0.25) is 0 Å². The predicted molar refractivity (Wildman–Crippen MR) is 66.6 cm³/mol. The molecule has 4 heteroatoms. The summed E-state index contributed by atoms with van der Waals surface area (Å²) in [5, 5.41) is 12.2. The van der Waals surface area contributed by atoms with Crippen LogP contribution < -0.4 is 0 Å². The standard InChI is InChI=1S/C12H20N2OS/c1-10-13-12(9-16-10)8-14-5-2-11(3-6-14)4-7-15/h9,11,15H,2-8H2,1H3. The highest BCUT2D eigenvalue weighted by atomic mass is 32.1. The molecule has 0 aromatic carbocycles. The van der Waals surface area contributed by atoms with E-state index in [4.69, 9.17) is 5.11 Å². The molecule has 1 N–H and O–H groups in total. The molecule has 3 nitrogen and oxygen atoms in total. The molecular weight excluding hydrogens is 220 g/mol. The number of aliphatic hydroxyl groups is 1. The van der Waals surface area contributed by atoms with Crippen LogP contribution in [0.3, 0.4) is 0 Å². The highest BCUT2D eigenvalue weighted by molar-refractivity contribution is 7.09. The van der Waals surface area contributed by atoms with Crippen molar-refractivity contribution < 1.29 is 5.11 Å². The van der Waals surface area contributed by atoms with E-state index in [-0.39, 0.29) is 0 Å². The van der Waals surface area contributed by atoms with E-state index >= 15 is 0 Å². The van der Waals surface area contributed by atoms with Gasteiger partial charge >= 0.3 is 0 Å². The average molecular weight is 240 g/mol.